The van der Waals surface area contributed by atoms with E-state index in [9.17, 15) is 22.8 Å². The highest BCUT2D eigenvalue weighted by Crippen LogP contribution is 2.25. The number of fused-ring (bicyclic) bond motifs is 1. The Bertz CT molecular complexity index is 1210. The Labute approximate surface area is 152 Å². The number of aromatic nitrogens is 1. The Kier molecular flexibility index (Phi) is 3.84. The quantitative estimate of drug-likeness (QED) is 0.654. The lowest BCUT2D eigenvalue weighted by molar-refractivity contribution is -0.121. The Balaban J connectivity index is 1.60. The van der Waals surface area contributed by atoms with E-state index in [-0.39, 0.29) is 40.8 Å². The lowest BCUT2D eigenvalue weighted by Gasteiger charge is -2.14. The molecule has 1 saturated heterocycles. The summed E-state index contributed by atoms with van der Waals surface area (Å²) in [5.74, 6) is -1.25. The topological polar surface area (TPSA) is 130 Å². The molecule has 0 spiro atoms. The fourth-order valence-electron chi connectivity index (χ4n) is 2.86. The summed E-state index contributed by atoms with van der Waals surface area (Å²) in [6.07, 6.45) is 0.302. The van der Waals surface area contributed by atoms with E-state index in [1.807, 2.05) is 0 Å². The Hall–Kier alpha value is -3.40. The second kappa shape index (κ2) is 6.09. The van der Waals surface area contributed by atoms with E-state index in [0.717, 1.165) is 4.90 Å². The van der Waals surface area contributed by atoms with Crippen LogP contribution in [0, 0.1) is 0 Å². The van der Waals surface area contributed by atoms with Gasteiger partial charge >= 0.3 is 5.76 Å². The molecule has 0 bridgehead atoms. The van der Waals surface area contributed by atoms with Gasteiger partial charge in [0.05, 0.1) is 21.8 Å². The molecule has 2 aromatic carbocycles. The minimum absolute atomic E-state index is 0.0408. The number of H-pyrrole nitrogens is 1. The van der Waals surface area contributed by atoms with Gasteiger partial charge in [-0.3, -0.25) is 24.2 Å². The monoisotopic (exact) mass is 387 g/mol. The van der Waals surface area contributed by atoms with Crippen molar-refractivity contribution in [3.63, 3.8) is 0 Å². The zero-order valence-corrected chi connectivity index (χ0v) is 14.6. The number of carbonyl (C=O) groups is 2. The lowest BCUT2D eigenvalue weighted by atomic mass is 10.3. The first-order valence-electron chi connectivity index (χ1n) is 7.95. The maximum Gasteiger partial charge on any atom is 0.417 e. The van der Waals surface area contributed by atoms with Gasteiger partial charge in [-0.2, -0.15) is 0 Å². The highest BCUT2D eigenvalue weighted by atomic mass is 32.2. The molecule has 2 amide bonds. The van der Waals surface area contributed by atoms with Crippen molar-refractivity contribution in [1.29, 1.82) is 0 Å². The fourth-order valence-corrected chi connectivity index (χ4v) is 3.91. The molecule has 2 N–H and O–H groups in total. The van der Waals surface area contributed by atoms with Gasteiger partial charge < -0.3 is 4.42 Å². The summed E-state index contributed by atoms with van der Waals surface area (Å²) in [4.78, 5) is 38.2. The van der Waals surface area contributed by atoms with Gasteiger partial charge in [0.2, 0.25) is 11.8 Å². The van der Waals surface area contributed by atoms with E-state index < -0.39 is 15.8 Å². The third-order valence-corrected chi connectivity index (χ3v) is 5.53. The van der Waals surface area contributed by atoms with E-state index in [1.165, 1.54) is 42.5 Å². The zero-order valence-electron chi connectivity index (χ0n) is 13.8. The van der Waals surface area contributed by atoms with Crippen LogP contribution in [-0.4, -0.2) is 25.2 Å². The van der Waals surface area contributed by atoms with Crippen molar-refractivity contribution < 1.29 is 22.4 Å². The molecule has 0 saturated carbocycles. The summed E-state index contributed by atoms with van der Waals surface area (Å²) < 4.78 is 32.4. The van der Waals surface area contributed by atoms with Crippen molar-refractivity contribution in [2.45, 2.75) is 17.7 Å². The number of oxazole rings is 1. The summed E-state index contributed by atoms with van der Waals surface area (Å²) in [6.45, 7) is 0. The smallest absolute Gasteiger partial charge is 0.408 e. The van der Waals surface area contributed by atoms with Crippen LogP contribution >= 0.6 is 0 Å². The Morgan fingerprint density at radius 3 is 2.30 bits per heavy atom. The van der Waals surface area contributed by atoms with E-state index in [0.29, 0.717) is 11.2 Å². The highest BCUT2D eigenvalue weighted by molar-refractivity contribution is 7.92. The summed E-state index contributed by atoms with van der Waals surface area (Å²) in [7, 11) is -3.91. The van der Waals surface area contributed by atoms with Crippen molar-refractivity contribution in [2.75, 3.05) is 9.62 Å². The van der Waals surface area contributed by atoms with Crippen LogP contribution in [0.2, 0.25) is 0 Å². The van der Waals surface area contributed by atoms with Gasteiger partial charge in [-0.05, 0) is 36.4 Å². The molecule has 10 heteroatoms. The molecule has 138 valence electrons. The van der Waals surface area contributed by atoms with Gasteiger partial charge in [-0.1, -0.05) is 0 Å². The first kappa shape index (κ1) is 17.0. The molecule has 4 rings (SSSR count). The minimum atomic E-state index is -3.91. The van der Waals surface area contributed by atoms with Crippen LogP contribution in [0.3, 0.4) is 0 Å². The third-order valence-electron chi connectivity index (χ3n) is 4.13. The standard InChI is InChI=1S/C17H13N3O6S/c21-15-7-8-16(22)20(15)11-2-4-12(5-3-11)27(24,25)19-10-1-6-13-14(9-10)26-17(23)18-13/h1-6,9,19H,7-8H2,(H,18,23). The van der Waals surface area contributed by atoms with Crippen LogP contribution < -0.4 is 15.4 Å². The van der Waals surface area contributed by atoms with Gasteiger partial charge in [-0.25, -0.2) is 13.2 Å². The minimum Gasteiger partial charge on any atom is -0.408 e. The van der Waals surface area contributed by atoms with E-state index >= 15 is 0 Å². The maximum absolute atomic E-state index is 12.5. The van der Waals surface area contributed by atoms with Gasteiger partial charge in [0.1, 0.15) is 0 Å². The SMILES string of the molecule is O=C1CCC(=O)N1c1ccc(S(=O)(=O)Nc2ccc3[nH]c(=O)oc3c2)cc1. The van der Waals surface area contributed by atoms with Crippen molar-refractivity contribution in [1.82, 2.24) is 4.98 Å². The molecule has 9 nitrogen and oxygen atoms in total. The highest BCUT2D eigenvalue weighted by Gasteiger charge is 2.30. The predicted octanol–water partition coefficient (Wildman–Crippen LogP) is 1.58. The van der Waals surface area contributed by atoms with Crippen molar-refractivity contribution in [3.8, 4) is 0 Å². The Morgan fingerprint density at radius 2 is 1.63 bits per heavy atom. The predicted molar refractivity (Wildman–Crippen MR) is 95.8 cm³/mol. The number of hydrogen-bond donors (Lipinski definition) is 2. The molecule has 0 aliphatic carbocycles. The first-order valence-corrected chi connectivity index (χ1v) is 9.43. The van der Waals surface area contributed by atoms with E-state index in [2.05, 4.69) is 9.71 Å². The van der Waals surface area contributed by atoms with Gasteiger partial charge in [0.15, 0.2) is 5.58 Å². The molecule has 27 heavy (non-hydrogen) atoms. The number of rotatable bonds is 4. The Morgan fingerprint density at radius 1 is 0.963 bits per heavy atom. The number of nitrogens with one attached hydrogen (secondary N) is 2. The number of benzene rings is 2. The number of aromatic amines is 1. The second-order valence-electron chi connectivity index (χ2n) is 5.95. The molecular formula is C17H13N3O6S. The summed E-state index contributed by atoms with van der Waals surface area (Å²) in [5, 5.41) is 0. The second-order valence-corrected chi connectivity index (χ2v) is 7.63. The molecule has 0 unspecified atom stereocenters. The number of carbonyl (C=O) groups excluding carboxylic acids is 2. The normalized spacial score (nSPS) is 14.9. The van der Waals surface area contributed by atoms with Crippen LogP contribution in [0.5, 0.6) is 0 Å². The van der Waals surface area contributed by atoms with Crippen molar-refractivity contribution in [3.05, 3.63) is 53.0 Å². The zero-order chi connectivity index (χ0) is 19.2. The van der Waals surface area contributed by atoms with Crippen LogP contribution in [0.4, 0.5) is 11.4 Å². The largest absolute Gasteiger partial charge is 0.417 e. The van der Waals surface area contributed by atoms with Gasteiger partial charge in [-0.15, -0.1) is 0 Å². The van der Waals surface area contributed by atoms with Crippen LogP contribution in [0.15, 0.2) is 56.6 Å². The fraction of sp³-hybridized carbons (Fsp3) is 0.118. The summed E-state index contributed by atoms with van der Waals surface area (Å²) >= 11 is 0. The van der Waals surface area contributed by atoms with Crippen LogP contribution in [-0.2, 0) is 19.6 Å². The first-order chi connectivity index (χ1) is 12.8. The number of hydrogen-bond acceptors (Lipinski definition) is 6. The molecule has 0 atom stereocenters. The number of anilines is 2. The third kappa shape index (κ3) is 3.10. The van der Waals surface area contributed by atoms with E-state index in [4.69, 9.17) is 4.42 Å². The molecule has 1 aliphatic heterocycles. The summed E-state index contributed by atoms with van der Waals surface area (Å²) in [6, 6.07) is 9.83. The maximum atomic E-state index is 12.5. The number of sulfonamides is 1. The van der Waals surface area contributed by atoms with Gasteiger partial charge in [0.25, 0.3) is 10.0 Å². The molecule has 2 heterocycles. The van der Waals surface area contributed by atoms with Gasteiger partial charge in [0, 0.05) is 18.9 Å². The van der Waals surface area contributed by atoms with Crippen molar-refractivity contribution in [2.24, 2.45) is 0 Å². The molecule has 0 radical (unpaired) electrons. The van der Waals surface area contributed by atoms with Crippen molar-refractivity contribution >= 4 is 44.3 Å². The molecule has 1 aromatic heterocycles. The summed E-state index contributed by atoms with van der Waals surface area (Å²) in [5.41, 5.74) is 1.23. The van der Waals surface area contributed by atoms with E-state index in [1.54, 1.807) is 0 Å². The number of imide groups is 1. The average molecular weight is 387 g/mol. The number of nitrogens with zero attached hydrogens (tertiary/aromatic N) is 1. The number of amides is 2. The van der Waals surface area contributed by atoms with Crippen LogP contribution in [0.1, 0.15) is 12.8 Å². The molecule has 1 fully saturated rings. The van der Waals surface area contributed by atoms with Crippen LogP contribution in [0.25, 0.3) is 11.1 Å². The molecular weight excluding hydrogens is 374 g/mol. The molecule has 1 aliphatic rings. The average Bonchev–Trinajstić information content (AvgIpc) is 3.15. The lowest BCUT2D eigenvalue weighted by Crippen LogP contribution is -2.28. The molecule has 3 aromatic rings.